The Labute approximate surface area is 254 Å². The third-order valence-electron chi connectivity index (χ3n) is 8.73. The van der Waals surface area contributed by atoms with Gasteiger partial charge in [-0.2, -0.15) is 0 Å². The average molecular weight is 563 g/mol. The summed E-state index contributed by atoms with van der Waals surface area (Å²) in [7, 11) is 0. The number of aromatic nitrogens is 1. The number of hydrogen-bond donors (Lipinski definition) is 0. The highest BCUT2D eigenvalue weighted by Crippen LogP contribution is 2.46. The van der Waals surface area contributed by atoms with Crippen molar-refractivity contribution < 1.29 is 4.42 Å². The monoisotopic (exact) mass is 562 g/mol. The maximum absolute atomic E-state index is 6.59. The van der Waals surface area contributed by atoms with E-state index in [1.54, 1.807) is 0 Å². The maximum Gasteiger partial charge on any atom is 0.162 e. The molecule has 0 aliphatic carbocycles. The van der Waals surface area contributed by atoms with E-state index in [1.807, 2.05) is 30.6 Å². The molecule has 0 aliphatic heterocycles. The van der Waals surface area contributed by atoms with Crippen molar-refractivity contribution in [2.24, 2.45) is 0 Å². The Morgan fingerprint density at radius 2 is 1.09 bits per heavy atom. The van der Waals surface area contributed by atoms with Gasteiger partial charge in [0.2, 0.25) is 0 Å². The summed E-state index contributed by atoms with van der Waals surface area (Å²) >= 11 is 0. The van der Waals surface area contributed by atoms with E-state index in [2.05, 4.69) is 132 Å². The van der Waals surface area contributed by atoms with Crippen molar-refractivity contribution in [2.75, 3.05) is 4.90 Å². The van der Waals surface area contributed by atoms with Crippen molar-refractivity contribution in [3.05, 3.63) is 158 Å². The lowest BCUT2D eigenvalue weighted by molar-refractivity contribution is 0.668. The van der Waals surface area contributed by atoms with Crippen molar-refractivity contribution >= 4 is 71.3 Å². The van der Waals surface area contributed by atoms with Gasteiger partial charge in [-0.15, -0.1) is 0 Å². The fraction of sp³-hybridized carbons (Fsp3) is 0. The van der Waals surface area contributed by atoms with Crippen LogP contribution in [0.25, 0.3) is 65.4 Å². The third kappa shape index (κ3) is 3.80. The Morgan fingerprint density at radius 3 is 1.93 bits per heavy atom. The second kappa shape index (κ2) is 9.82. The van der Waals surface area contributed by atoms with E-state index in [0.29, 0.717) is 0 Å². The molecule has 7 aromatic carbocycles. The first-order chi connectivity index (χ1) is 21.8. The topological polar surface area (TPSA) is 29.3 Å². The molecule has 0 N–H and O–H groups in total. The molecule has 3 heteroatoms. The Hall–Kier alpha value is -5.93. The lowest BCUT2D eigenvalue weighted by atomic mass is 9.95. The average Bonchev–Trinajstić information content (AvgIpc) is 3.49. The van der Waals surface area contributed by atoms with Gasteiger partial charge in [-0.3, -0.25) is 4.98 Å². The molecule has 44 heavy (non-hydrogen) atoms. The Balaban J connectivity index is 1.38. The summed E-state index contributed by atoms with van der Waals surface area (Å²) in [5.74, 6) is 0. The molecule has 9 aromatic rings. The number of nitrogens with zero attached hydrogens (tertiary/aromatic N) is 2. The summed E-state index contributed by atoms with van der Waals surface area (Å²) in [6, 6.07) is 51.6. The number of para-hydroxylation sites is 1. The molecule has 2 heterocycles. The summed E-state index contributed by atoms with van der Waals surface area (Å²) in [6.07, 6.45) is 3.84. The second-order valence-electron chi connectivity index (χ2n) is 11.2. The molecule has 9 rings (SSSR count). The third-order valence-corrected chi connectivity index (χ3v) is 8.73. The molecular formula is C41H26N2O. The maximum atomic E-state index is 6.59. The number of benzene rings is 7. The molecule has 0 saturated heterocycles. The van der Waals surface area contributed by atoms with Crippen LogP contribution in [0.4, 0.5) is 17.1 Å². The van der Waals surface area contributed by atoms with Gasteiger partial charge in [-0.1, -0.05) is 121 Å². The highest BCUT2D eigenvalue weighted by atomic mass is 16.3. The molecule has 0 saturated carbocycles. The van der Waals surface area contributed by atoms with Crippen LogP contribution in [0.2, 0.25) is 0 Å². The lowest BCUT2D eigenvalue weighted by Crippen LogP contribution is -2.11. The predicted octanol–water partition coefficient (Wildman–Crippen LogP) is 11.6. The molecule has 0 bridgehead atoms. The molecule has 0 atom stereocenters. The predicted molar refractivity (Wildman–Crippen MR) is 184 cm³/mol. The van der Waals surface area contributed by atoms with Crippen molar-refractivity contribution in [1.29, 1.82) is 0 Å². The zero-order valence-corrected chi connectivity index (χ0v) is 23.8. The highest BCUT2D eigenvalue weighted by Gasteiger charge is 2.23. The lowest BCUT2D eigenvalue weighted by Gasteiger charge is -2.27. The molecule has 0 amide bonds. The van der Waals surface area contributed by atoms with Crippen LogP contribution < -0.4 is 4.90 Å². The van der Waals surface area contributed by atoms with Gasteiger partial charge in [0.1, 0.15) is 11.3 Å². The molecule has 0 fully saturated rings. The van der Waals surface area contributed by atoms with Crippen molar-refractivity contribution in [1.82, 2.24) is 4.98 Å². The van der Waals surface area contributed by atoms with Crippen LogP contribution in [0.3, 0.4) is 0 Å². The fourth-order valence-corrected chi connectivity index (χ4v) is 6.65. The van der Waals surface area contributed by atoms with Gasteiger partial charge >= 0.3 is 0 Å². The van der Waals surface area contributed by atoms with E-state index >= 15 is 0 Å². The van der Waals surface area contributed by atoms with Gasteiger partial charge in [-0.05, 0) is 62.3 Å². The molecule has 0 spiro atoms. The van der Waals surface area contributed by atoms with Crippen LogP contribution in [0.1, 0.15) is 0 Å². The van der Waals surface area contributed by atoms with Gasteiger partial charge in [0.05, 0.1) is 11.9 Å². The van der Waals surface area contributed by atoms with E-state index < -0.39 is 0 Å². The standard InChI is InChI=1S/C41H26N2O/c1-2-10-27(11-3-1)28-18-21-30(22-19-28)43(39-26-42-25-37-35-16-8-9-17-40(35)44-41(37)39)38-24-36-31-13-5-4-12-29(31)20-23-33(36)32-14-6-7-15-34(32)38/h1-26H. The zero-order chi connectivity index (χ0) is 29.0. The minimum absolute atomic E-state index is 0.815. The number of furan rings is 1. The van der Waals surface area contributed by atoms with Crippen molar-refractivity contribution in [3.63, 3.8) is 0 Å². The van der Waals surface area contributed by atoms with Crippen LogP contribution in [0, 0.1) is 0 Å². The fourth-order valence-electron chi connectivity index (χ4n) is 6.65. The van der Waals surface area contributed by atoms with Gasteiger partial charge in [0.25, 0.3) is 0 Å². The summed E-state index contributed by atoms with van der Waals surface area (Å²) < 4.78 is 6.59. The molecule has 206 valence electrons. The molecular weight excluding hydrogens is 536 g/mol. The number of pyridine rings is 1. The first-order valence-electron chi connectivity index (χ1n) is 14.9. The van der Waals surface area contributed by atoms with Crippen LogP contribution in [0.15, 0.2) is 162 Å². The molecule has 2 aromatic heterocycles. The van der Waals surface area contributed by atoms with Gasteiger partial charge in [0.15, 0.2) is 5.58 Å². The van der Waals surface area contributed by atoms with E-state index in [-0.39, 0.29) is 0 Å². The van der Waals surface area contributed by atoms with Crippen LogP contribution in [0.5, 0.6) is 0 Å². The number of anilines is 3. The smallest absolute Gasteiger partial charge is 0.162 e. The SMILES string of the molecule is c1ccc(-c2ccc(N(c3cc4c5ccccc5ccc4c4ccccc34)c3cncc4c3oc3ccccc34)cc2)cc1. The van der Waals surface area contributed by atoms with Crippen LogP contribution >= 0.6 is 0 Å². The van der Waals surface area contributed by atoms with Gasteiger partial charge < -0.3 is 9.32 Å². The summed E-state index contributed by atoms with van der Waals surface area (Å²) in [5.41, 5.74) is 7.03. The quantitative estimate of drug-likeness (QED) is 0.200. The van der Waals surface area contributed by atoms with Crippen molar-refractivity contribution in [2.45, 2.75) is 0 Å². The van der Waals surface area contributed by atoms with E-state index in [4.69, 9.17) is 9.40 Å². The van der Waals surface area contributed by atoms with Crippen LogP contribution in [-0.2, 0) is 0 Å². The first-order valence-corrected chi connectivity index (χ1v) is 14.9. The highest BCUT2D eigenvalue weighted by molar-refractivity contribution is 6.22. The Kier molecular flexibility index (Phi) is 5.50. The Bertz CT molecular complexity index is 2490. The number of fused-ring (bicyclic) bond motifs is 8. The first kappa shape index (κ1) is 24.6. The summed E-state index contributed by atoms with van der Waals surface area (Å²) in [5, 5.41) is 9.34. The molecule has 0 aliphatic rings. The van der Waals surface area contributed by atoms with E-state index in [9.17, 15) is 0 Å². The Morgan fingerprint density at radius 1 is 0.432 bits per heavy atom. The van der Waals surface area contributed by atoms with E-state index in [0.717, 1.165) is 44.4 Å². The molecule has 0 radical (unpaired) electrons. The largest absolute Gasteiger partial charge is 0.454 e. The van der Waals surface area contributed by atoms with Gasteiger partial charge in [-0.25, -0.2) is 0 Å². The normalized spacial score (nSPS) is 11.6. The minimum atomic E-state index is 0.815. The van der Waals surface area contributed by atoms with E-state index in [1.165, 1.54) is 38.1 Å². The van der Waals surface area contributed by atoms with Gasteiger partial charge in [0, 0.05) is 28.0 Å². The molecule has 3 nitrogen and oxygen atoms in total. The summed E-state index contributed by atoms with van der Waals surface area (Å²) in [6.45, 7) is 0. The van der Waals surface area contributed by atoms with Crippen molar-refractivity contribution in [3.8, 4) is 11.1 Å². The number of hydrogen-bond acceptors (Lipinski definition) is 3. The minimum Gasteiger partial charge on any atom is -0.454 e. The summed E-state index contributed by atoms with van der Waals surface area (Å²) in [4.78, 5) is 7.08. The number of rotatable bonds is 4. The zero-order valence-electron chi connectivity index (χ0n) is 23.8. The second-order valence-corrected chi connectivity index (χ2v) is 11.2. The molecule has 0 unspecified atom stereocenters. The van der Waals surface area contributed by atoms with Crippen LogP contribution in [-0.4, -0.2) is 4.98 Å².